The predicted octanol–water partition coefficient (Wildman–Crippen LogP) is 1.96. The van der Waals surface area contributed by atoms with Gasteiger partial charge in [-0.2, -0.15) is 0 Å². The van der Waals surface area contributed by atoms with Gasteiger partial charge in [-0.3, -0.25) is 9.59 Å². The van der Waals surface area contributed by atoms with Gasteiger partial charge in [-0.05, 0) is 24.5 Å². The minimum absolute atomic E-state index is 0.0899. The van der Waals surface area contributed by atoms with Gasteiger partial charge < -0.3 is 19.5 Å². The van der Waals surface area contributed by atoms with E-state index in [0.29, 0.717) is 31.1 Å². The van der Waals surface area contributed by atoms with Crippen molar-refractivity contribution in [1.29, 1.82) is 0 Å². The van der Waals surface area contributed by atoms with Gasteiger partial charge in [0.1, 0.15) is 0 Å². The van der Waals surface area contributed by atoms with Crippen molar-refractivity contribution in [3.8, 4) is 11.5 Å². The Kier molecular flexibility index (Phi) is 5.84. The summed E-state index contributed by atoms with van der Waals surface area (Å²) in [5.41, 5.74) is 0.962. The van der Waals surface area contributed by atoms with Crippen LogP contribution in [0, 0.1) is 5.92 Å². The molecule has 1 aliphatic heterocycles. The van der Waals surface area contributed by atoms with E-state index in [1.54, 1.807) is 12.0 Å². The maximum atomic E-state index is 11.9. The third-order valence-corrected chi connectivity index (χ3v) is 3.95. The van der Waals surface area contributed by atoms with Crippen LogP contribution in [0.1, 0.15) is 25.3 Å². The second-order valence-corrected chi connectivity index (χ2v) is 5.63. The van der Waals surface area contributed by atoms with Gasteiger partial charge in [0.2, 0.25) is 5.91 Å². The smallest absolute Gasteiger partial charge is 0.308 e. The number of methoxy groups -OCH3 is 1. The summed E-state index contributed by atoms with van der Waals surface area (Å²) in [4.78, 5) is 24.5. The molecule has 0 saturated carbocycles. The molecule has 6 nitrogen and oxygen atoms in total. The fraction of sp³-hybridized carbons (Fsp3) is 0.529. The van der Waals surface area contributed by atoms with Crippen LogP contribution in [0.25, 0.3) is 0 Å². The van der Waals surface area contributed by atoms with E-state index in [0.717, 1.165) is 12.0 Å². The number of hydrogen-bond acceptors (Lipinski definition) is 4. The maximum absolute atomic E-state index is 11.9. The van der Waals surface area contributed by atoms with E-state index < -0.39 is 11.9 Å². The quantitative estimate of drug-likeness (QED) is 0.792. The molecule has 2 rings (SSSR count). The normalized spacial score (nSPS) is 17.4. The second-order valence-electron chi connectivity index (χ2n) is 5.63. The Morgan fingerprint density at radius 2 is 2.22 bits per heavy atom. The summed E-state index contributed by atoms with van der Waals surface area (Å²) in [7, 11) is 1.60. The number of carbonyl (C=O) groups is 2. The van der Waals surface area contributed by atoms with Crippen LogP contribution in [-0.2, 0) is 16.0 Å². The van der Waals surface area contributed by atoms with Crippen molar-refractivity contribution in [2.75, 3.05) is 26.8 Å². The van der Waals surface area contributed by atoms with E-state index in [9.17, 15) is 9.59 Å². The standard InChI is InChI=1S/C17H23NO5/c1-3-9-23-16-12(5-4-6-14(16)22-2)7-8-18-11-13(17(20)21)10-15(18)19/h4-6,13H,3,7-11H2,1-2H3,(H,20,21). The number of carbonyl (C=O) groups excluding carboxylic acids is 1. The summed E-state index contributed by atoms with van der Waals surface area (Å²) in [6.07, 6.45) is 1.59. The van der Waals surface area contributed by atoms with Crippen LogP contribution in [0.3, 0.4) is 0 Å². The third kappa shape index (κ3) is 4.15. The molecular weight excluding hydrogens is 298 g/mol. The number of para-hydroxylation sites is 1. The number of carboxylic acid groups (broad SMARTS) is 1. The molecule has 0 aliphatic carbocycles. The zero-order valence-electron chi connectivity index (χ0n) is 13.6. The van der Waals surface area contributed by atoms with E-state index in [2.05, 4.69) is 0 Å². The molecule has 1 atom stereocenters. The van der Waals surface area contributed by atoms with Gasteiger partial charge in [-0.1, -0.05) is 19.1 Å². The first-order chi connectivity index (χ1) is 11.1. The minimum Gasteiger partial charge on any atom is -0.493 e. The highest BCUT2D eigenvalue weighted by Gasteiger charge is 2.33. The van der Waals surface area contributed by atoms with Crippen molar-refractivity contribution in [3.05, 3.63) is 23.8 Å². The highest BCUT2D eigenvalue weighted by Crippen LogP contribution is 2.32. The Labute approximate surface area is 136 Å². The van der Waals surface area contributed by atoms with Crippen LogP contribution < -0.4 is 9.47 Å². The number of carboxylic acids is 1. The molecule has 1 saturated heterocycles. The van der Waals surface area contributed by atoms with Crippen LogP contribution in [0.2, 0.25) is 0 Å². The van der Waals surface area contributed by atoms with Gasteiger partial charge in [0.15, 0.2) is 11.5 Å². The van der Waals surface area contributed by atoms with Crippen molar-refractivity contribution in [1.82, 2.24) is 4.90 Å². The molecule has 1 fully saturated rings. The molecule has 1 aromatic rings. The highest BCUT2D eigenvalue weighted by molar-refractivity contribution is 5.86. The van der Waals surface area contributed by atoms with Crippen LogP contribution in [0.15, 0.2) is 18.2 Å². The summed E-state index contributed by atoms with van der Waals surface area (Å²) < 4.78 is 11.1. The SMILES string of the molecule is CCCOc1c(CCN2CC(C(=O)O)CC2=O)cccc1OC. The number of nitrogens with zero attached hydrogens (tertiary/aromatic N) is 1. The zero-order valence-corrected chi connectivity index (χ0v) is 13.6. The molecule has 126 valence electrons. The van der Waals surface area contributed by atoms with E-state index in [1.807, 2.05) is 25.1 Å². The molecule has 6 heteroatoms. The zero-order chi connectivity index (χ0) is 16.8. The van der Waals surface area contributed by atoms with Gasteiger partial charge in [0, 0.05) is 19.5 Å². The number of benzene rings is 1. The lowest BCUT2D eigenvalue weighted by Gasteiger charge is -2.18. The lowest BCUT2D eigenvalue weighted by Crippen LogP contribution is -2.28. The first-order valence-electron chi connectivity index (χ1n) is 7.86. The van der Waals surface area contributed by atoms with Gasteiger partial charge in [0.05, 0.1) is 19.6 Å². The van der Waals surface area contributed by atoms with Gasteiger partial charge in [-0.15, -0.1) is 0 Å². The minimum atomic E-state index is -0.908. The predicted molar refractivity (Wildman–Crippen MR) is 84.8 cm³/mol. The molecule has 0 radical (unpaired) electrons. The number of hydrogen-bond donors (Lipinski definition) is 1. The molecule has 1 aromatic carbocycles. The molecule has 23 heavy (non-hydrogen) atoms. The molecule has 1 unspecified atom stereocenters. The van der Waals surface area contributed by atoms with Gasteiger partial charge in [-0.25, -0.2) is 0 Å². The first kappa shape index (κ1) is 17.1. The van der Waals surface area contributed by atoms with E-state index >= 15 is 0 Å². The Morgan fingerprint density at radius 3 is 2.83 bits per heavy atom. The lowest BCUT2D eigenvalue weighted by atomic mass is 10.1. The van der Waals surface area contributed by atoms with Crippen LogP contribution in [0.4, 0.5) is 0 Å². The van der Waals surface area contributed by atoms with Gasteiger partial charge >= 0.3 is 5.97 Å². The molecule has 0 bridgehead atoms. The van der Waals surface area contributed by atoms with Crippen LogP contribution in [-0.4, -0.2) is 48.7 Å². The Balaban J connectivity index is 2.05. The summed E-state index contributed by atoms with van der Waals surface area (Å²) in [6, 6.07) is 5.68. The van der Waals surface area contributed by atoms with Gasteiger partial charge in [0.25, 0.3) is 0 Å². The molecule has 1 aliphatic rings. The summed E-state index contributed by atoms with van der Waals surface area (Å²) in [6.45, 7) is 3.39. The fourth-order valence-corrected chi connectivity index (χ4v) is 2.70. The summed E-state index contributed by atoms with van der Waals surface area (Å²) in [5.74, 6) is -0.223. The average molecular weight is 321 g/mol. The molecular formula is C17H23NO5. The average Bonchev–Trinajstić information content (AvgIpc) is 2.92. The molecule has 1 heterocycles. The first-order valence-corrected chi connectivity index (χ1v) is 7.86. The number of rotatable bonds is 8. The monoisotopic (exact) mass is 321 g/mol. The molecule has 0 aromatic heterocycles. The summed E-state index contributed by atoms with van der Waals surface area (Å²) >= 11 is 0. The van der Waals surface area contributed by atoms with Crippen molar-refractivity contribution >= 4 is 11.9 Å². The lowest BCUT2D eigenvalue weighted by molar-refractivity contribution is -0.141. The fourth-order valence-electron chi connectivity index (χ4n) is 2.70. The number of likely N-dealkylation sites (tertiary alicyclic amines) is 1. The Hall–Kier alpha value is -2.24. The second kappa shape index (κ2) is 7.85. The van der Waals surface area contributed by atoms with Crippen molar-refractivity contribution in [2.24, 2.45) is 5.92 Å². The maximum Gasteiger partial charge on any atom is 0.308 e. The van der Waals surface area contributed by atoms with Crippen LogP contribution in [0.5, 0.6) is 11.5 Å². The van der Waals surface area contributed by atoms with Crippen molar-refractivity contribution in [2.45, 2.75) is 26.2 Å². The Bertz CT molecular complexity index is 572. The highest BCUT2D eigenvalue weighted by atomic mass is 16.5. The number of ether oxygens (including phenoxy) is 2. The molecule has 1 amide bonds. The molecule has 0 spiro atoms. The summed E-state index contributed by atoms with van der Waals surface area (Å²) in [5, 5.41) is 9.03. The topological polar surface area (TPSA) is 76.1 Å². The van der Waals surface area contributed by atoms with E-state index in [1.165, 1.54) is 0 Å². The molecule has 1 N–H and O–H groups in total. The number of amides is 1. The van der Waals surface area contributed by atoms with Crippen molar-refractivity contribution in [3.63, 3.8) is 0 Å². The Morgan fingerprint density at radius 1 is 1.43 bits per heavy atom. The van der Waals surface area contributed by atoms with Crippen molar-refractivity contribution < 1.29 is 24.2 Å². The van der Waals surface area contributed by atoms with E-state index in [4.69, 9.17) is 14.6 Å². The third-order valence-electron chi connectivity index (χ3n) is 3.95. The number of aliphatic carboxylic acids is 1. The van der Waals surface area contributed by atoms with E-state index in [-0.39, 0.29) is 18.9 Å². The largest absolute Gasteiger partial charge is 0.493 e. The van der Waals surface area contributed by atoms with Crippen LogP contribution >= 0.6 is 0 Å².